The van der Waals surface area contributed by atoms with Crippen LogP contribution in [0.2, 0.25) is 0 Å². The molecule has 4 rings (SSSR count). The van der Waals surface area contributed by atoms with Gasteiger partial charge in [0.1, 0.15) is 0 Å². The molecule has 0 spiro atoms. The standard InChI is InChI=1S/C22H25N3O3S/c1-16-10-11-20-19(14-16)25(15-18-9-5-4-8-17(18)2)23-21(29(20,27)28)22(26)24-12-6-3-7-13-24/h4-5,8-11,14H,3,6-7,12-13,15H2,1-2H3. The van der Waals surface area contributed by atoms with Crippen LogP contribution in [-0.4, -0.2) is 37.4 Å². The summed E-state index contributed by atoms with van der Waals surface area (Å²) in [6.07, 6.45) is 2.84. The third kappa shape index (κ3) is 3.67. The zero-order chi connectivity index (χ0) is 20.6. The molecule has 0 aliphatic carbocycles. The Bertz CT molecular complexity index is 1090. The number of rotatable bonds is 3. The molecule has 7 heteroatoms. The maximum Gasteiger partial charge on any atom is 0.286 e. The zero-order valence-corrected chi connectivity index (χ0v) is 17.6. The summed E-state index contributed by atoms with van der Waals surface area (Å²) in [6.45, 7) is 5.47. The van der Waals surface area contributed by atoms with Crippen molar-refractivity contribution in [1.82, 2.24) is 4.90 Å². The van der Waals surface area contributed by atoms with Crippen molar-refractivity contribution in [3.8, 4) is 0 Å². The Kier molecular flexibility index (Phi) is 5.17. The number of carbonyl (C=O) groups is 1. The highest BCUT2D eigenvalue weighted by Gasteiger charge is 2.39. The number of hydrazone groups is 1. The Labute approximate surface area is 171 Å². The number of sulfone groups is 1. The minimum absolute atomic E-state index is 0.145. The van der Waals surface area contributed by atoms with Crippen LogP contribution in [0.1, 0.15) is 36.0 Å². The topological polar surface area (TPSA) is 70.1 Å². The van der Waals surface area contributed by atoms with Gasteiger partial charge in [0.25, 0.3) is 5.91 Å². The normalized spacial score (nSPS) is 18.2. The Hall–Kier alpha value is -2.67. The van der Waals surface area contributed by atoms with Crippen LogP contribution >= 0.6 is 0 Å². The fourth-order valence-electron chi connectivity index (χ4n) is 3.84. The van der Waals surface area contributed by atoms with Gasteiger partial charge in [0.2, 0.25) is 14.9 Å². The molecular formula is C22H25N3O3S. The third-order valence-electron chi connectivity index (χ3n) is 5.56. The van der Waals surface area contributed by atoms with E-state index in [4.69, 9.17) is 0 Å². The lowest BCUT2D eigenvalue weighted by Crippen LogP contribution is -2.45. The van der Waals surface area contributed by atoms with E-state index in [0.29, 0.717) is 25.3 Å². The molecule has 1 saturated heterocycles. The molecule has 0 unspecified atom stereocenters. The summed E-state index contributed by atoms with van der Waals surface area (Å²) in [4.78, 5) is 14.9. The largest absolute Gasteiger partial charge is 0.337 e. The number of hydrogen-bond donors (Lipinski definition) is 0. The highest BCUT2D eigenvalue weighted by Crippen LogP contribution is 2.34. The Morgan fingerprint density at radius 3 is 2.48 bits per heavy atom. The first-order chi connectivity index (χ1) is 13.9. The van der Waals surface area contributed by atoms with Crippen LogP contribution in [0.3, 0.4) is 0 Å². The van der Waals surface area contributed by atoms with E-state index in [1.54, 1.807) is 22.0 Å². The molecule has 0 radical (unpaired) electrons. The van der Waals surface area contributed by atoms with E-state index >= 15 is 0 Å². The first-order valence-electron chi connectivity index (χ1n) is 9.93. The minimum Gasteiger partial charge on any atom is -0.337 e. The maximum atomic E-state index is 13.3. The summed E-state index contributed by atoms with van der Waals surface area (Å²) in [5.74, 6) is -0.495. The fraction of sp³-hybridized carbons (Fsp3) is 0.364. The Morgan fingerprint density at radius 1 is 1.03 bits per heavy atom. The summed E-state index contributed by atoms with van der Waals surface area (Å²) in [5, 5.41) is 5.68. The van der Waals surface area contributed by atoms with Crippen molar-refractivity contribution in [3.05, 3.63) is 59.2 Å². The number of nitrogens with zero attached hydrogens (tertiary/aromatic N) is 3. The van der Waals surface area contributed by atoms with Gasteiger partial charge in [-0.05, 0) is 61.9 Å². The number of carbonyl (C=O) groups excluding carboxylic acids is 1. The van der Waals surface area contributed by atoms with Gasteiger partial charge in [0.05, 0.1) is 17.1 Å². The predicted octanol–water partition coefficient (Wildman–Crippen LogP) is 3.42. The van der Waals surface area contributed by atoms with E-state index in [1.807, 2.05) is 44.2 Å². The first-order valence-corrected chi connectivity index (χ1v) is 11.4. The van der Waals surface area contributed by atoms with E-state index in [0.717, 1.165) is 36.0 Å². The van der Waals surface area contributed by atoms with Gasteiger partial charge in [-0.1, -0.05) is 30.3 Å². The van der Waals surface area contributed by atoms with Crippen LogP contribution in [0.5, 0.6) is 0 Å². The number of anilines is 1. The molecule has 1 fully saturated rings. The quantitative estimate of drug-likeness (QED) is 0.776. The zero-order valence-electron chi connectivity index (χ0n) is 16.8. The lowest BCUT2D eigenvalue weighted by molar-refractivity contribution is -0.124. The average molecular weight is 412 g/mol. The molecule has 152 valence electrons. The highest BCUT2D eigenvalue weighted by atomic mass is 32.2. The lowest BCUT2D eigenvalue weighted by Gasteiger charge is -2.31. The van der Waals surface area contributed by atoms with E-state index in [2.05, 4.69) is 5.10 Å². The summed E-state index contributed by atoms with van der Waals surface area (Å²) in [7, 11) is -3.97. The molecule has 2 aliphatic heterocycles. The van der Waals surface area contributed by atoms with E-state index in [9.17, 15) is 13.2 Å². The van der Waals surface area contributed by atoms with E-state index in [-0.39, 0.29) is 9.94 Å². The predicted molar refractivity (Wildman–Crippen MR) is 114 cm³/mol. The van der Waals surface area contributed by atoms with E-state index in [1.165, 1.54) is 0 Å². The first kappa shape index (κ1) is 19.6. The number of likely N-dealkylation sites (tertiary alicyclic amines) is 1. The highest BCUT2D eigenvalue weighted by molar-refractivity contribution is 8.08. The second kappa shape index (κ2) is 7.63. The molecule has 6 nitrogen and oxygen atoms in total. The monoisotopic (exact) mass is 411 g/mol. The van der Waals surface area contributed by atoms with Crippen LogP contribution in [-0.2, 0) is 21.2 Å². The average Bonchev–Trinajstić information content (AvgIpc) is 2.71. The molecule has 0 N–H and O–H groups in total. The number of benzene rings is 2. The van der Waals surface area contributed by atoms with Crippen molar-refractivity contribution in [2.75, 3.05) is 18.1 Å². The fourth-order valence-corrected chi connectivity index (χ4v) is 5.30. The van der Waals surface area contributed by atoms with Crippen molar-refractivity contribution in [3.63, 3.8) is 0 Å². The number of fused-ring (bicyclic) bond motifs is 1. The second-order valence-electron chi connectivity index (χ2n) is 7.72. The minimum atomic E-state index is -3.97. The van der Waals surface area contributed by atoms with Gasteiger partial charge in [-0.2, -0.15) is 5.10 Å². The van der Waals surface area contributed by atoms with Gasteiger partial charge >= 0.3 is 0 Å². The summed E-state index contributed by atoms with van der Waals surface area (Å²) in [5.41, 5.74) is 3.58. The molecular weight excluding hydrogens is 386 g/mol. The summed E-state index contributed by atoms with van der Waals surface area (Å²) < 4.78 is 26.5. The SMILES string of the molecule is Cc1ccc2c(c1)N(Cc1ccccc1C)N=C(C(=O)N1CCCCC1)S2(=O)=O. The smallest absolute Gasteiger partial charge is 0.286 e. The van der Waals surface area contributed by atoms with Crippen molar-refractivity contribution >= 4 is 26.5 Å². The van der Waals surface area contributed by atoms with Crippen LogP contribution in [0.25, 0.3) is 0 Å². The van der Waals surface area contributed by atoms with Crippen LogP contribution < -0.4 is 5.01 Å². The summed E-state index contributed by atoms with van der Waals surface area (Å²) in [6, 6.07) is 13.1. The van der Waals surface area contributed by atoms with Gasteiger partial charge in [-0.25, -0.2) is 8.42 Å². The summed E-state index contributed by atoms with van der Waals surface area (Å²) >= 11 is 0. The number of amides is 1. The lowest BCUT2D eigenvalue weighted by atomic mass is 10.1. The Morgan fingerprint density at radius 2 is 1.76 bits per heavy atom. The maximum absolute atomic E-state index is 13.3. The molecule has 0 aromatic heterocycles. The van der Waals surface area contributed by atoms with Crippen LogP contribution in [0.4, 0.5) is 5.69 Å². The van der Waals surface area contributed by atoms with Crippen LogP contribution in [0.15, 0.2) is 52.5 Å². The third-order valence-corrected chi connectivity index (χ3v) is 7.25. The Balaban J connectivity index is 1.80. The van der Waals surface area contributed by atoms with Crippen molar-refractivity contribution < 1.29 is 13.2 Å². The van der Waals surface area contributed by atoms with Crippen molar-refractivity contribution in [2.24, 2.45) is 5.10 Å². The molecule has 0 bridgehead atoms. The van der Waals surface area contributed by atoms with Gasteiger partial charge in [-0.3, -0.25) is 9.80 Å². The second-order valence-corrected chi connectivity index (χ2v) is 9.55. The molecule has 2 aromatic rings. The molecule has 0 atom stereocenters. The number of piperidine rings is 1. The van der Waals surface area contributed by atoms with Gasteiger partial charge in [0.15, 0.2) is 0 Å². The number of aryl methyl sites for hydroxylation is 2. The molecule has 0 saturated carbocycles. The molecule has 2 aliphatic rings. The molecule has 2 aromatic carbocycles. The van der Waals surface area contributed by atoms with Crippen molar-refractivity contribution in [1.29, 1.82) is 0 Å². The van der Waals surface area contributed by atoms with Gasteiger partial charge < -0.3 is 4.90 Å². The van der Waals surface area contributed by atoms with Gasteiger partial charge in [0, 0.05) is 13.1 Å². The number of hydrogen-bond acceptors (Lipinski definition) is 5. The van der Waals surface area contributed by atoms with Gasteiger partial charge in [-0.15, -0.1) is 0 Å². The molecule has 2 heterocycles. The molecule has 1 amide bonds. The van der Waals surface area contributed by atoms with Crippen molar-refractivity contribution in [2.45, 2.75) is 44.6 Å². The van der Waals surface area contributed by atoms with Crippen LogP contribution in [0, 0.1) is 13.8 Å². The molecule has 29 heavy (non-hydrogen) atoms. The van der Waals surface area contributed by atoms with E-state index < -0.39 is 15.7 Å².